The minimum atomic E-state index is -0.427. The van der Waals surface area contributed by atoms with E-state index in [1.165, 1.54) is 6.07 Å². The summed E-state index contributed by atoms with van der Waals surface area (Å²) in [4.78, 5) is 11.6. The highest BCUT2D eigenvalue weighted by Crippen LogP contribution is 2.20. The number of esters is 1. The zero-order valence-electron chi connectivity index (χ0n) is 9.28. The van der Waals surface area contributed by atoms with E-state index in [1.807, 2.05) is 6.07 Å². The number of nitrogen functional groups attached to an aromatic ring is 1. The molecule has 17 heavy (non-hydrogen) atoms. The van der Waals surface area contributed by atoms with E-state index in [0.29, 0.717) is 35.7 Å². The van der Waals surface area contributed by atoms with Crippen molar-refractivity contribution in [2.24, 2.45) is 0 Å². The highest BCUT2D eigenvalue weighted by atomic mass is 35.5. The molecule has 0 saturated carbocycles. The first-order chi connectivity index (χ1) is 8.15. The molecular formula is C12H13ClN2O2. The molecule has 0 aliphatic rings. The van der Waals surface area contributed by atoms with Gasteiger partial charge in [0, 0.05) is 6.42 Å². The highest BCUT2D eigenvalue weighted by Gasteiger charge is 2.08. The number of hydrogen-bond acceptors (Lipinski definition) is 4. The van der Waals surface area contributed by atoms with Gasteiger partial charge in [0.15, 0.2) is 0 Å². The number of rotatable bonds is 5. The van der Waals surface area contributed by atoms with Crippen LogP contribution >= 0.6 is 11.6 Å². The SMILES string of the molecule is N#CCCCCOC(=O)c1ccc(N)c(Cl)c1. The Kier molecular flexibility index (Phi) is 5.31. The van der Waals surface area contributed by atoms with Crippen LogP contribution in [0.15, 0.2) is 18.2 Å². The molecule has 5 heteroatoms. The fourth-order valence-corrected chi connectivity index (χ4v) is 1.39. The van der Waals surface area contributed by atoms with Crippen molar-refractivity contribution in [2.75, 3.05) is 12.3 Å². The number of halogens is 1. The van der Waals surface area contributed by atoms with E-state index in [1.54, 1.807) is 12.1 Å². The van der Waals surface area contributed by atoms with Crippen molar-refractivity contribution in [1.29, 1.82) is 5.26 Å². The van der Waals surface area contributed by atoms with Gasteiger partial charge in [0.1, 0.15) is 0 Å². The van der Waals surface area contributed by atoms with Crippen molar-refractivity contribution in [2.45, 2.75) is 19.3 Å². The lowest BCUT2D eigenvalue weighted by atomic mass is 10.2. The number of anilines is 1. The van der Waals surface area contributed by atoms with Crippen LogP contribution in [0.2, 0.25) is 5.02 Å². The van der Waals surface area contributed by atoms with Crippen molar-refractivity contribution in [3.8, 4) is 6.07 Å². The Morgan fingerprint density at radius 1 is 1.47 bits per heavy atom. The molecule has 0 aliphatic carbocycles. The third-order valence-corrected chi connectivity index (χ3v) is 2.48. The molecule has 4 nitrogen and oxygen atoms in total. The molecule has 0 bridgehead atoms. The maximum Gasteiger partial charge on any atom is 0.338 e. The summed E-state index contributed by atoms with van der Waals surface area (Å²) in [7, 11) is 0. The molecule has 0 aromatic heterocycles. The Labute approximate surface area is 105 Å². The molecule has 0 spiro atoms. The van der Waals surface area contributed by atoms with E-state index in [9.17, 15) is 4.79 Å². The van der Waals surface area contributed by atoms with Crippen LogP contribution in [0.3, 0.4) is 0 Å². The Morgan fingerprint density at radius 3 is 2.88 bits per heavy atom. The lowest BCUT2D eigenvalue weighted by Gasteiger charge is -2.05. The van der Waals surface area contributed by atoms with E-state index in [0.717, 1.165) is 6.42 Å². The number of unbranched alkanes of at least 4 members (excludes halogenated alkanes) is 2. The zero-order valence-corrected chi connectivity index (χ0v) is 10.0. The van der Waals surface area contributed by atoms with E-state index < -0.39 is 5.97 Å². The minimum Gasteiger partial charge on any atom is -0.462 e. The first kappa shape index (κ1) is 13.3. The molecule has 0 saturated heterocycles. The van der Waals surface area contributed by atoms with Gasteiger partial charge in [0.25, 0.3) is 0 Å². The minimum absolute atomic E-state index is 0.308. The van der Waals surface area contributed by atoms with E-state index in [4.69, 9.17) is 27.3 Å². The number of benzene rings is 1. The van der Waals surface area contributed by atoms with Crippen molar-refractivity contribution in [3.05, 3.63) is 28.8 Å². The lowest BCUT2D eigenvalue weighted by molar-refractivity contribution is 0.0499. The summed E-state index contributed by atoms with van der Waals surface area (Å²) >= 11 is 5.79. The Morgan fingerprint density at radius 2 is 2.24 bits per heavy atom. The van der Waals surface area contributed by atoms with Gasteiger partial charge in [-0.05, 0) is 31.0 Å². The second-order valence-corrected chi connectivity index (χ2v) is 3.89. The topological polar surface area (TPSA) is 76.1 Å². The van der Waals surface area contributed by atoms with Crippen LogP contribution in [-0.2, 0) is 4.74 Å². The largest absolute Gasteiger partial charge is 0.462 e. The van der Waals surface area contributed by atoms with Gasteiger partial charge in [-0.1, -0.05) is 11.6 Å². The quantitative estimate of drug-likeness (QED) is 0.497. The third-order valence-electron chi connectivity index (χ3n) is 2.15. The molecule has 0 aliphatic heterocycles. The van der Waals surface area contributed by atoms with Gasteiger partial charge < -0.3 is 10.5 Å². The summed E-state index contributed by atoms with van der Waals surface area (Å²) < 4.78 is 5.02. The molecule has 1 aromatic carbocycles. The van der Waals surface area contributed by atoms with Crippen molar-refractivity contribution >= 4 is 23.3 Å². The van der Waals surface area contributed by atoms with Crippen molar-refractivity contribution in [3.63, 3.8) is 0 Å². The van der Waals surface area contributed by atoms with Crippen LogP contribution in [0.5, 0.6) is 0 Å². The highest BCUT2D eigenvalue weighted by molar-refractivity contribution is 6.33. The van der Waals surface area contributed by atoms with E-state index >= 15 is 0 Å². The number of carbonyl (C=O) groups is 1. The number of carbonyl (C=O) groups excluding carboxylic acids is 1. The summed E-state index contributed by atoms with van der Waals surface area (Å²) in [5.41, 5.74) is 6.34. The smallest absolute Gasteiger partial charge is 0.338 e. The van der Waals surface area contributed by atoms with Crippen LogP contribution in [0, 0.1) is 11.3 Å². The maximum absolute atomic E-state index is 11.6. The standard InChI is InChI=1S/C12H13ClN2O2/c13-10-8-9(4-5-11(10)15)12(16)17-7-3-1-2-6-14/h4-5,8H,1-3,7,15H2. The second-order valence-electron chi connectivity index (χ2n) is 3.49. The summed E-state index contributed by atoms with van der Waals surface area (Å²) in [6, 6.07) is 6.64. The first-order valence-corrected chi connectivity index (χ1v) is 5.62. The fraction of sp³-hybridized carbons (Fsp3) is 0.333. The van der Waals surface area contributed by atoms with Crippen LogP contribution in [0.4, 0.5) is 5.69 Å². The van der Waals surface area contributed by atoms with Crippen molar-refractivity contribution < 1.29 is 9.53 Å². The molecule has 1 aromatic rings. The van der Waals surface area contributed by atoms with Crippen LogP contribution in [0.25, 0.3) is 0 Å². The van der Waals surface area contributed by atoms with Gasteiger partial charge in [-0.3, -0.25) is 0 Å². The fourth-order valence-electron chi connectivity index (χ4n) is 1.21. The predicted octanol–water partition coefficient (Wildman–Crippen LogP) is 2.77. The van der Waals surface area contributed by atoms with Crippen LogP contribution < -0.4 is 5.73 Å². The van der Waals surface area contributed by atoms with Crippen LogP contribution in [-0.4, -0.2) is 12.6 Å². The molecule has 0 atom stereocenters. The zero-order chi connectivity index (χ0) is 12.7. The monoisotopic (exact) mass is 252 g/mol. The number of nitriles is 1. The normalized spacial score (nSPS) is 9.65. The number of nitrogens with two attached hydrogens (primary N) is 1. The van der Waals surface area contributed by atoms with Crippen molar-refractivity contribution in [1.82, 2.24) is 0 Å². The molecule has 1 rings (SSSR count). The number of ether oxygens (including phenoxy) is 1. The van der Waals surface area contributed by atoms with Gasteiger partial charge in [-0.15, -0.1) is 0 Å². The first-order valence-electron chi connectivity index (χ1n) is 5.24. The molecule has 0 amide bonds. The average Bonchev–Trinajstić information content (AvgIpc) is 2.32. The molecule has 0 fully saturated rings. The predicted molar refractivity (Wildman–Crippen MR) is 65.6 cm³/mol. The number of hydrogen-bond donors (Lipinski definition) is 1. The Balaban J connectivity index is 2.42. The lowest BCUT2D eigenvalue weighted by Crippen LogP contribution is -2.06. The molecule has 90 valence electrons. The summed E-state index contributed by atoms with van der Waals surface area (Å²) in [6.45, 7) is 0.308. The summed E-state index contributed by atoms with van der Waals surface area (Å²) in [5.74, 6) is -0.427. The van der Waals surface area contributed by atoms with Gasteiger partial charge in [0.05, 0.1) is 28.9 Å². The van der Waals surface area contributed by atoms with Crippen LogP contribution in [0.1, 0.15) is 29.6 Å². The van der Waals surface area contributed by atoms with Gasteiger partial charge in [0.2, 0.25) is 0 Å². The molecular weight excluding hydrogens is 240 g/mol. The molecule has 2 N–H and O–H groups in total. The summed E-state index contributed by atoms with van der Waals surface area (Å²) in [6.07, 6.45) is 1.89. The van der Waals surface area contributed by atoms with Gasteiger partial charge in [-0.25, -0.2) is 4.79 Å². The maximum atomic E-state index is 11.6. The molecule has 0 radical (unpaired) electrons. The van der Waals surface area contributed by atoms with E-state index in [-0.39, 0.29) is 0 Å². The number of nitrogens with zero attached hydrogens (tertiary/aromatic N) is 1. The third kappa shape index (κ3) is 4.33. The second kappa shape index (κ2) is 6.77. The van der Waals surface area contributed by atoms with Gasteiger partial charge >= 0.3 is 5.97 Å². The average molecular weight is 253 g/mol. The van der Waals surface area contributed by atoms with E-state index in [2.05, 4.69) is 0 Å². The summed E-state index contributed by atoms with van der Waals surface area (Å²) in [5, 5.41) is 8.66. The van der Waals surface area contributed by atoms with Gasteiger partial charge in [-0.2, -0.15) is 5.26 Å². The Bertz CT molecular complexity index is 441. The Hall–Kier alpha value is -1.73. The molecule has 0 unspecified atom stereocenters. The molecule has 0 heterocycles.